The highest BCUT2D eigenvalue weighted by Crippen LogP contribution is 2.27. The molecule has 0 aliphatic carbocycles. The van der Waals surface area contributed by atoms with Crippen molar-refractivity contribution >= 4 is 46.0 Å². The number of carbonyl (C=O) groups excluding carboxylic acids is 4. The zero-order valence-electron chi connectivity index (χ0n) is 30.8. The molecule has 4 aromatic rings. The number of aryl methyl sites for hydroxylation is 2. The van der Waals surface area contributed by atoms with E-state index in [0.717, 1.165) is 41.1 Å². The van der Waals surface area contributed by atoms with Gasteiger partial charge in [0.2, 0.25) is 16.9 Å². The average molecular weight is 744 g/mol. The molecule has 0 saturated carbocycles. The molecule has 0 aliphatic heterocycles. The van der Waals surface area contributed by atoms with Gasteiger partial charge in [-0.05, 0) is 80.8 Å². The van der Waals surface area contributed by atoms with Gasteiger partial charge in [-0.15, -0.1) is 10.2 Å². The topological polar surface area (TPSA) is 160 Å². The number of anilines is 2. The molecule has 3 aromatic carbocycles. The smallest absolute Gasteiger partial charge is 0.407 e. The molecule has 3 N–H and O–H groups in total. The predicted molar refractivity (Wildman–Crippen MR) is 204 cm³/mol. The molecule has 0 aliphatic rings. The first-order valence-corrected chi connectivity index (χ1v) is 18.6. The second kappa shape index (κ2) is 20.2. The van der Waals surface area contributed by atoms with E-state index in [9.17, 15) is 24.3 Å². The SMILES string of the molecule is CCCC(=O)OCN(C(=O)C(CO)c1cccc(CNC(=O)OC(C)(C)C)c1)c1nnc(CCCCc2ccc(NC(=O)Cc3ccccc3)cc2)s1. The van der Waals surface area contributed by atoms with Crippen molar-refractivity contribution in [3.05, 3.63) is 106 Å². The Morgan fingerprint density at radius 3 is 2.30 bits per heavy atom. The maximum absolute atomic E-state index is 14.0. The molecule has 4 rings (SSSR count). The first-order valence-electron chi connectivity index (χ1n) is 17.8. The largest absolute Gasteiger partial charge is 0.444 e. The minimum Gasteiger partial charge on any atom is -0.444 e. The van der Waals surface area contributed by atoms with E-state index >= 15 is 0 Å². The summed E-state index contributed by atoms with van der Waals surface area (Å²) in [5, 5.41) is 25.6. The van der Waals surface area contributed by atoms with Crippen molar-refractivity contribution in [1.29, 1.82) is 0 Å². The van der Waals surface area contributed by atoms with E-state index in [2.05, 4.69) is 20.8 Å². The van der Waals surface area contributed by atoms with Crippen molar-refractivity contribution in [2.24, 2.45) is 0 Å². The molecule has 0 bridgehead atoms. The predicted octanol–water partition coefficient (Wildman–Crippen LogP) is 6.72. The van der Waals surface area contributed by atoms with E-state index in [4.69, 9.17) is 9.47 Å². The van der Waals surface area contributed by atoms with Gasteiger partial charge in [0, 0.05) is 25.1 Å². The van der Waals surface area contributed by atoms with Crippen LogP contribution in [-0.2, 0) is 49.7 Å². The van der Waals surface area contributed by atoms with Crippen molar-refractivity contribution in [2.45, 2.75) is 90.7 Å². The quantitative estimate of drug-likeness (QED) is 0.0571. The number of nitrogens with one attached hydrogen (secondary N) is 2. The number of rotatable bonds is 18. The lowest BCUT2D eigenvalue weighted by molar-refractivity contribution is -0.144. The lowest BCUT2D eigenvalue weighted by Crippen LogP contribution is -2.39. The summed E-state index contributed by atoms with van der Waals surface area (Å²) in [6.07, 6.45) is 3.73. The Hall–Kier alpha value is -5.14. The van der Waals surface area contributed by atoms with Gasteiger partial charge in [-0.1, -0.05) is 85.0 Å². The fourth-order valence-electron chi connectivity index (χ4n) is 5.35. The standard InChI is InChI=1S/C40H49N5O7S/c1-5-12-36(48)51-27-45(37(49)33(26-46)31-17-11-16-30(23-31)25-41-39(50)52-40(2,3)4)38-44-43-35(53-38)18-10-9-13-28-19-21-32(22-20-28)42-34(47)24-29-14-7-6-8-15-29/h6-8,11,14-17,19-23,33,46H,5,9-10,12-13,18,24-27H2,1-4H3,(H,41,50)(H,42,47). The van der Waals surface area contributed by atoms with Crippen molar-refractivity contribution in [3.8, 4) is 0 Å². The molecule has 0 saturated heterocycles. The monoisotopic (exact) mass is 743 g/mol. The van der Waals surface area contributed by atoms with Gasteiger partial charge in [0.15, 0.2) is 6.73 Å². The summed E-state index contributed by atoms with van der Waals surface area (Å²) in [5.74, 6) is -2.01. The third-order valence-electron chi connectivity index (χ3n) is 7.98. The highest BCUT2D eigenvalue weighted by molar-refractivity contribution is 7.15. The molecule has 13 heteroatoms. The molecule has 282 valence electrons. The lowest BCUT2D eigenvalue weighted by atomic mass is 9.96. The van der Waals surface area contributed by atoms with Crippen molar-refractivity contribution in [1.82, 2.24) is 15.5 Å². The first-order chi connectivity index (χ1) is 25.4. The maximum Gasteiger partial charge on any atom is 0.407 e. The Labute approximate surface area is 314 Å². The Morgan fingerprint density at radius 1 is 0.887 bits per heavy atom. The molecule has 0 fully saturated rings. The zero-order chi connectivity index (χ0) is 38.2. The van der Waals surface area contributed by atoms with Crippen LogP contribution in [0.1, 0.15) is 86.6 Å². The molecule has 3 amide bonds. The van der Waals surface area contributed by atoms with Crippen LogP contribution in [0, 0.1) is 0 Å². The van der Waals surface area contributed by atoms with Crippen molar-refractivity contribution in [2.75, 3.05) is 23.6 Å². The lowest BCUT2D eigenvalue weighted by Gasteiger charge is -2.24. The van der Waals surface area contributed by atoms with Crippen LogP contribution in [-0.4, -0.2) is 58.1 Å². The Balaban J connectivity index is 1.34. The second-order valence-corrected chi connectivity index (χ2v) is 14.6. The van der Waals surface area contributed by atoms with Crippen molar-refractivity contribution < 1.29 is 33.8 Å². The summed E-state index contributed by atoms with van der Waals surface area (Å²) in [6.45, 7) is 6.46. The minimum atomic E-state index is -0.989. The molecule has 1 heterocycles. The van der Waals surface area contributed by atoms with Crippen LogP contribution >= 0.6 is 11.3 Å². The third-order valence-corrected chi connectivity index (χ3v) is 8.99. The molecule has 1 unspecified atom stereocenters. The van der Waals surface area contributed by atoms with Crippen LogP contribution in [0.2, 0.25) is 0 Å². The number of nitrogens with zero attached hydrogens (tertiary/aromatic N) is 3. The molecule has 1 aromatic heterocycles. The number of hydrogen-bond donors (Lipinski definition) is 3. The molecule has 0 spiro atoms. The highest BCUT2D eigenvalue weighted by atomic mass is 32.1. The normalized spacial score (nSPS) is 11.7. The Morgan fingerprint density at radius 2 is 1.60 bits per heavy atom. The van der Waals surface area contributed by atoms with Crippen LogP contribution in [0.25, 0.3) is 0 Å². The van der Waals surface area contributed by atoms with E-state index in [1.807, 2.05) is 61.5 Å². The maximum atomic E-state index is 14.0. The number of aliphatic hydroxyl groups excluding tert-OH is 1. The molecular formula is C40H49N5O7S. The molecule has 1 atom stereocenters. The van der Waals surface area contributed by atoms with Gasteiger partial charge in [0.05, 0.1) is 18.9 Å². The van der Waals surface area contributed by atoms with E-state index < -0.39 is 36.1 Å². The van der Waals surface area contributed by atoms with Gasteiger partial charge in [-0.25, -0.2) is 4.79 Å². The molecule has 53 heavy (non-hydrogen) atoms. The number of unbranched alkanes of at least 4 members (excludes halogenated alkanes) is 1. The van der Waals surface area contributed by atoms with E-state index in [-0.39, 0.29) is 30.7 Å². The molecule has 12 nitrogen and oxygen atoms in total. The molecular weight excluding hydrogens is 695 g/mol. The summed E-state index contributed by atoms with van der Waals surface area (Å²) in [5.41, 5.74) is 3.45. The fourth-order valence-corrected chi connectivity index (χ4v) is 6.22. The van der Waals surface area contributed by atoms with Crippen LogP contribution in [0.15, 0.2) is 78.9 Å². The number of esters is 1. The van der Waals surface area contributed by atoms with E-state index in [1.54, 1.807) is 45.0 Å². The fraction of sp³-hybridized carbons (Fsp3) is 0.400. The number of aliphatic hydroxyl groups is 1. The summed E-state index contributed by atoms with van der Waals surface area (Å²) in [4.78, 5) is 52.1. The summed E-state index contributed by atoms with van der Waals surface area (Å²) < 4.78 is 10.7. The Bertz CT molecular complexity index is 1790. The minimum absolute atomic E-state index is 0.0643. The van der Waals surface area contributed by atoms with Crippen LogP contribution in [0.4, 0.5) is 15.6 Å². The van der Waals surface area contributed by atoms with Crippen molar-refractivity contribution in [3.63, 3.8) is 0 Å². The first kappa shape index (κ1) is 40.6. The average Bonchev–Trinajstić information content (AvgIpc) is 3.59. The summed E-state index contributed by atoms with van der Waals surface area (Å²) in [6, 6.07) is 24.4. The Kier molecular flexibility index (Phi) is 15.5. The van der Waals surface area contributed by atoms with Gasteiger partial charge in [0.1, 0.15) is 10.6 Å². The van der Waals surface area contributed by atoms with Crippen LogP contribution in [0.5, 0.6) is 0 Å². The van der Waals surface area contributed by atoms with Gasteiger partial charge in [-0.2, -0.15) is 0 Å². The molecule has 0 radical (unpaired) electrons. The zero-order valence-corrected chi connectivity index (χ0v) is 31.6. The number of hydrogen-bond acceptors (Lipinski definition) is 10. The van der Waals surface area contributed by atoms with Gasteiger partial charge in [0.25, 0.3) is 0 Å². The number of ether oxygens (including phenoxy) is 2. The second-order valence-electron chi connectivity index (χ2n) is 13.6. The number of benzene rings is 3. The van der Waals surface area contributed by atoms with E-state index in [0.29, 0.717) is 30.4 Å². The number of alkyl carbamates (subject to hydrolysis) is 1. The van der Waals surface area contributed by atoms with Crippen LogP contribution < -0.4 is 15.5 Å². The summed E-state index contributed by atoms with van der Waals surface area (Å²) >= 11 is 1.24. The van der Waals surface area contributed by atoms with E-state index in [1.165, 1.54) is 16.2 Å². The van der Waals surface area contributed by atoms with Gasteiger partial charge >= 0.3 is 12.1 Å². The van der Waals surface area contributed by atoms with Gasteiger partial charge in [-0.3, -0.25) is 19.3 Å². The summed E-state index contributed by atoms with van der Waals surface area (Å²) in [7, 11) is 0. The van der Waals surface area contributed by atoms with Gasteiger partial charge < -0.3 is 25.2 Å². The number of amides is 3. The highest BCUT2D eigenvalue weighted by Gasteiger charge is 2.30. The third kappa shape index (κ3) is 13.7. The van der Waals surface area contributed by atoms with Crippen LogP contribution in [0.3, 0.4) is 0 Å². The number of carbonyl (C=O) groups is 4. The number of aromatic nitrogens is 2.